The van der Waals surface area contributed by atoms with Crippen molar-refractivity contribution >= 4 is 17.8 Å². The highest BCUT2D eigenvalue weighted by atomic mass is 16.5. The summed E-state index contributed by atoms with van der Waals surface area (Å²) in [7, 11) is 3.01. The fraction of sp³-hybridized carbons (Fsp3) is 0.185. The molecule has 0 atom stereocenters. The number of rotatable bonds is 6. The first-order valence-electron chi connectivity index (χ1n) is 10.5. The van der Waals surface area contributed by atoms with Crippen LogP contribution in [0.3, 0.4) is 0 Å². The average Bonchev–Trinajstić information content (AvgIpc) is 3.13. The zero-order valence-electron chi connectivity index (χ0n) is 18.9. The fourth-order valence-electron chi connectivity index (χ4n) is 3.49. The van der Waals surface area contributed by atoms with Gasteiger partial charge < -0.3 is 18.9 Å². The van der Waals surface area contributed by atoms with Crippen molar-refractivity contribution in [3.05, 3.63) is 88.7 Å². The van der Waals surface area contributed by atoms with E-state index in [4.69, 9.17) is 18.9 Å². The number of ether oxygens (including phenoxy) is 4. The van der Waals surface area contributed by atoms with E-state index in [-0.39, 0.29) is 17.3 Å². The SMILES string of the molecule is COc1ccc(C(=O)Oc2ccc3c(c2)OC(=Cc2ccc(C(C)C)cc2)C3=O)cc1OC. The molecule has 0 fully saturated rings. The number of benzene rings is 3. The van der Waals surface area contributed by atoms with Crippen LogP contribution in [0.15, 0.2) is 66.4 Å². The monoisotopic (exact) mass is 444 g/mol. The van der Waals surface area contributed by atoms with Crippen molar-refractivity contribution in [1.29, 1.82) is 0 Å². The molecule has 0 amide bonds. The largest absolute Gasteiger partial charge is 0.493 e. The summed E-state index contributed by atoms with van der Waals surface area (Å²) in [5.74, 6) is 1.43. The quantitative estimate of drug-likeness (QED) is 0.277. The summed E-state index contributed by atoms with van der Waals surface area (Å²) in [6, 6.07) is 17.4. The first-order valence-corrected chi connectivity index (χ1v) is 10.5. The maximum atomic E-state index is 12.7. The van der Waals surface area contributed by atoms with E-state index < -0.39 is 5.97 Å². The van der Waals surface area contributed by atoms with E-state index in [1.165, 1.54) is 25.8 Å². The van der Waals surface area contributed by atoms with Gasteiger partial charge in [-0.05, 0) is 53.5 Å². The third-order valence-electron chi connectivity index (χ3n) is 5.37. The second-order valence-corrected chi connectivity index (χ2v) is 7.88. The Bertz CT molecular complexity index is 1240. The molecule has 0 aromatic heterocycles. The molecule has 0 radical (unpaired) electrons. The van der Waals surface area contributed by atoms with Crippen molar-refractivity contribution in [1.82, 2.24) is 0 Å². The maximum absolute atomic E-state index is 12.7. The molecule has 0 saturated carbocycles. The highest BCUT2D eigenvalue weighted by Gasteiger charge is 2.28. The summed E-state index contributed by atoms with van der Waals surface area (Å²) < 4.78 is 21.7. The lowest BCUT2D eigenvalue weighted by molar-refractivity contribution is 0.0734. The van der Waals surface area contributed by atoms with Crippen LogP contribution in [0.25, 0.3) is 6.08 Å². The minimum Gasteiger partial charge on any atom is -0.493 e. The van der Waals surface area contributed by atoms with Crippen molar-refractivity contribution < 1.29 is 28.5 Å². The second-order valence-electron chi connectivity index (χ2n) is 7.88. The lowest BCUT2D eigenvalue weighted by Crippen LogP contribution is -2.09. The normalized spacial score (nSPS) is 13.6. The number of carbonyl (C=O) groups excluding carboxylic acids is 2. The van der Waals surface area contributed by atoms with E-state index >= 15 is 0 Å². The lowest BCUT2D eigenvalue weighted by atomic mass is 10.0. The topological polar surface area (TPSA) is 71.1 Å². The number of ketones is 1. The van der Waals surface area contributed by atoms with Crippen molar-refractivity contribution in [2.45, 2.75) is 19.8 Å². The summed E-state index contributed by atoms with van der Waals surface area (Å²) in [5.41, 5.74) is 2.82. The minimum atomic E-state index is -0.568. The lowest BCUT2D eigenvalue weighted by Gasteiger charge is -2.10. The van der Waals surface area contributed by atoms with Crippen LogP contribution in [0.4, 0.5) is 0 Å². The predicted molar refractivity (Wildman–Crippen MR) is 124 cm³/mol. The zero-order valence-corrected chi connectivity index (χ0v) is 18.9. The van der Waals surface area contributed by atoms with Crippen LogP contribution in [-0.4, -0.2) is 26.0 Å². The predicted octanol–water partition coefficient (Wildman–Crippen LogP) is 5.66. The molecule has 0 saturated heterocycles. The number of hydrogen-bond donors (Lipinski definition) is 0. The van der Waals surface area contributed by atoms with Crippen LogP contribution < -0.4 is 18.9 Å². The van der Waals surface area contributed by atoms with Gasteiger partial charge in [0, 0.05) is 6.07 Å². The van der Waals surface area contributed by atoms with Gasteiger partial charge in [-0.2, -0.15) is 0 Å². The van der Waals surface area contributed by atoms with Crippen molar-refractivity contribution in [2.24, 2.45) is 0 Å². The molecule has 33 heavy (non-hydrogen) atoms. The third-order valence-corrected chi connectivity index (χ3v) is 5.37. The van der Waals surface area contributed by atoms with Gasteiger partial charge in [0.15, 0.2) is 17.3 Å². The molecule has 0 spiro atoms. The Morgan fingerprint density at radius 2 is 1.64 bits per heavy atom. The number of methoxy groups -OCH3 is 2. The smallest absolute Gasteiger partial charge is 0.343 e. The molecule has 6 nitrogen and oxygen atoms in total. The van der Waals surface area contributed by atoms with E-state index in [0.29, 0.717) is 34.3 Å². The highest BCUT2D eigenvalue weighted by Crippen LogP contribution is 2.35. The second kappa shape index (κ2) is 9.20. The van der Waals surface area contributed by atoms with Crippen molar-refractivity contribution in [3.8, 4) is 23.0 Å². The van der Waals surface area contributed by atoms with Gasteiger partial charge in [-0.15, -0.1) is 0 Å². The van der Waals surface area contributed by atoms with E-state index in [1.807, 2.05) is 24.3 Å². The summed E-state index contributed by atoms with van der Waals surface area (Å²) in [5, 5.41) is 0. The molecule has 1 aliphatic rings. The molecule has 1 aliphatic heterocycles. The standard InChI is InChI=1S/C27H24O6/c1-16(2)18-7-5-17(6-8-18)13-25-26(28)21-11-10-20(15-23(21)33-25)32-27(29)19-9-12-22(30-3)24(14-19)31-4/h5-16H,1-4H3. The number of fused-ring (bicyclic) bond motifs is 1. The number of esters is 1. The van der Waals surface area contributed by atoms with Crippen LogP contribution in [0.2, 0.25) is 0 Å². The maximum Gasteiger partial charge on any atom is 0.343 e. The summed E-state index contributed by atoms with van der Waals surface area (Å²) in [6.45, 7) is 4.26. The molecule has 0 N–H and O–H groups in total. The molecule has 0 bridgehead atoms. The van der Waals surface area contributed by atoms with E-state index in [0.717, 1.165) is 5.56 Å². The van der Waals surface area contributed by atoms with Gasteiger partial charge in [-0.3, -0.25) is 4.79 Å². The van der Waals surface area contributed by atoms with Gasteiger partial charge >= 0.3 is 5.97 Å². The molecule has 6 heteroatoms. The fourth-order valence-corrected chi connectivity index (χ4v) is 3.49. The van der Waals surface area contributed by atoms with Gasteiger partial charge in [0.25, 0.3) is 0 Å². The Morgan fingerprint density at radius 3 is 2.30 bits per heavy atom. The molecule has 3 aromatic rings. The third kappa shape index (κ3) is 4.60. The summed E-state index contributed by atoms with van der Waals surface area (Å²) >= 11 is 0. The van der Waals surface area contributed by atoms with E-state index in [1.54, 1.807) is 36.4 Å². The van der Waals surface area contributed by atoms with Crippen LogP contribution in [0.5, 0.6) is 23.0 Å². The van der Waals surface area contributed by atoms with Gasteiger partial charge in [-0.25, -0.2) is 4.79 Å². The first kappa shape index (κ1) is 22.1. The molecule has 0 unspecified atom stereocenters. The van der Waals surface area contributed by atoms with E-state index in [9.17, 15) is 9.59 Å². The van der Waals surface area contributed by atoms with Crippen LogP contribution in [0, 0.1) is 0 Å². The number of hydrogen-bond acceptors (Lipinski definition) is 6. The summed E-state index contributed by atoms with van der Waals surface area (Å²) in [6.07, 6.45) is 1.71. The molecule has 3 aromatic carbocycles. The number of Topliss-reactive ketones (excluding diaryl/α,β-unsaturated/α-hetero) is 1. The Balaban J connectivity index is 1.51. The van der Waals surface area contributed by atoms with Crippen LogP contribution in [-0.2, 0) is 0 Å². The molecule has 168 valence electrons. The van der Waals surface area contributed by atoms with Gasteiger partial charge in [-0.1, -0.05) is 38.1 Å². The molecule has 4 rings (SSSR count). The number of carbonyl (C=O) groups is 2. The molecule has 0 aliphatic carbocycles. The molecule has 1 heterocycles. The van der Waals surface area contributed by atoms with E-state index in [2.05, 4.69) is 13.8 Å². The first-order chi connectivity index (χ1) is 15.9. The Labute approximate surface area is 192 Å². The average molecular weight is 444 g/mol. The van der Waals surface area contributed by atoms with Gasteiger partial charge in [0.1, 0.15) is 11.5 Å². The van der Waals surface area contributed by atoms with Crippen LogP contribution >= 0.6 is 0 Å². The Hall–Kier alpha value is -4.06. The summed E-state index contributed by atoms with van der Waals surface area (Å²) in [4.78, 5) is 25.3. The molecular formula is C27H24O6. The van der Waals surface area contributed by atoms with Gasteiger partial charge in [0.2, 0.25) is 5.78 Å². The Morgan fingerprint density at radius 1 is 0.909 bits per heavy atom. The minimum absolute atomic E-state index is 0.212. The van der Waals surface area contributed by atoms with Crippen LogP contribution in [0.1, 0.15) is 51.6 Å². The molecular weight excluding hydrogens is 420 g/mol. The van der Waals surface area contributed by atoms with Crippen molar-refractivity contribution in [2.75, 3.05) is 14.2 Å². The number of allylic oxidation sites excluding steroid dienone is 1. The zero-order chi connectivity index (χ0) is 23.5. The highest BCUT2D eigenvalue weighted by molar-refractivity contribution is 6.14. The Kier molecular flexibility index (Phi) is 6.18. The van der Waals surface area contributed by atoms with Gasteiger partial charge in [0.05, 0.1) is 25.3 Å². The van der Waals surface area contributed by atoms with Crippen molar-refractivity contribution in [3.63, 3.8) is 0 Å².